The lowest BCUT2D eigenvalue weighted by Gasteiger charge is -2.16. The third kappa shape index (κ3) is 5.38. The van der Waals surface area contributed by atoms with Crippen molar-refractivity contribution in [3.8, 4) is 5.75 Å². The molecule has 35 heavy (non-hydrogen) atoms. The standard InChI is InChI=1S/C21H10Br2F6N2O3S/c22-13-8-14(23)19(34-35(32,33)9-10-4-2-1-3-5-10)18-17(13)31-16-12(21(27,28)29)6-11(20(24,25)26)7-15(16)30-18/h1-8H,9H2. The highest BCUT2D eigenvalue weighted by Gasteiger charge is 2.39. The normalized spacial score (nSPS) is 12.9. The van der Waals surface area contributed by atoms with Gasteiger partial charge in [-0.15, -0.1) is 0 Å². The lowest BCUT2D eigenvalue weighted by atomic mass is 10.1. The van der Waals surface area contributed by atoms with Crippen molar-refractivity contribution in [3.63, 3.8) is 0 Å². The van der Waals surface area contributed by atoms with Gasteiger partial charge in [0.2, 0.25) is 0 Å². The van der Waals surface area contributed by atoms with Crippen molar-refractivity contribution < 1.29 is 38.9 Å². The van der Waals surface area contributed by atoms with Gasteiger partial charge in [-0.3, -0.25) is 0 Å². The molecule has 3 aromatic carbocycles. The van der Waals surface area contributed by atoms with Crippen molar-refractivity contribution in [1.82, 2.24) is 9.97 Å². The fourth-order valence-corrected chi connectivity index (χ4v) is 5.74. The van der Waals surface area contributed by atoms with Crippen LogP contribution in [0.5, 0.6) is 5.75 Å². The van der Waals surface area contributed by atoms with Crippen molar-refractivity contribution >= 4 is 64.0 Å². The summed E-state index contributed by atoms with van der Waals surface area (Å²) in [6.07, 6.45) is -10.3. The second kappa shape index (κ2) is 8.89. The van der Waals surface area contributed by atoms with Gasteiger partial charge in [0.15, 0.2) is 5.75 Å². The quantitative estimate of drug-likeness (QED) is 0.133. The van der Waals surface area contributed by atoms with E-state index in [0.717, 1.165) is 0 Å². The molecule has 0 radical (unpaired) electrons. The molecule has 0 spiro atoms. The summed E-state index contributed by atoms with van der Waals surface area (Å²) < 4.78 is 111. The molecule has 0 bridgehead atoms. The highest BCUT2D eigenvalue weighted by molar-refractivity contribution is 9.11. The Hall–Kier alpha value is -2.45. The van der Waals surface area contributed by atoms with Crippen LogP contribution >= 0.6 is 31.9 Å². The van der Waals surface area contributed by atoms with Gasteiger partial charge in [-0.05, 0) is 55.6 Å². The average Bonchev–Trinajstić information content (AvgIpc) is 2.74. The first-order valence-corrected chi connectivity index (χ1v) is 12.6. The molecule has 1 heterocycles. The van der Waals surface area contributed by atoms with E-state index in [1.807, 2.05) is 0 Å². The smallest absolute Gasteiger partial charge is 0.379 e. The molecule has 0 aliphatic carbocycles. The minimum atomic E-state index is -5.16. The molecule has 0 N–H and O–H groups in total. The molecule has 5 nitrogen and oxygen atoms in total. The number of hydrogen-bond donors (Lipinski definition) is 0. The maximum atomic E-state index is 13.6. The van der Waals surface area contributed by atoms with Gasteiger partial charge in [-0.2, -0.15) is 34.8 Å². The Bertz CT molecular complexity index is 1560. The van der Waals surface area contributed by atoms with Gasteiger partial charge in [0.1, 0.15) is 22.3 Å². The van der Waals surface area contributed by atoms with E-state index in [4.69, 9.17) is 4.18 Å². The zero-order valence-electron chi connectivity index (χ0n) is 16.9. The Balaban J connectivity index is 1.97. The first-order chi connectivity index (χ1) is 16.2. The Morgan fingerprint density at radius 1 is 0.800 bits per heavy atom. The van der Waals surface area contributed by atoms with E-state index in [-0.39, 0.29) is 26.0 Å². The Labute approximate surface area is 210 Å². The molecule has 0 saturated carbocycles. The molecular formula is C21H10Br2F6N2O3S. The number of aromatic nitrogens is 2. The summed E-state index contributed by atoms with van der Waals surface area (Å²) in [5.74, 6) is -0.977. The van der Waals surface area contributed by atoms with Crippen LogP contribution in [-0.4, -0.2) is 18.4 Å². The monoisotopic (exact) mass is 642 g/mol. The van der Waals surface area contributed by atoms with Crippen molar-refractivity contribution in [1.29, 1.82) is 0 Å². The van der Waals surface area contributed by atoms with Crippen LogP contribution in [0.3, 0.4) is 0 Å². The number of halogens is 8. The molecule has 184 valence electrons. The molecule has 0 atom stereocenters. The van der Waals surface area contributed by atoms with Crippen LogP contribution < -0.4 is 4.18 Å². The Morgan fingerprint density at radius 2 is 1.46 bits per heavy atom. The molecule has 0 unspecified atom stereocenters. The minimum Gasteiger partial charge on any atom is -0.379 e. The maximum absolute atomic E-state index is 13.6. The molecule has 0 saturated heterocycles. The summed E-state index contributed by atoms with van der Waals surface area (Å²) in [5.41, 5.74) is -5.00. The van der Waals surface area contributed by atoms with E-state index in [1.54, 1.807) is 30.3 Å². The van der Waals surface area contributed by atoms with E-state index >= 15 is 0 Å². The third-order valence-corrected chi connectivity index (χ3v) is 7.01. The number of fused-ring (bicyclic) bond motifs is 2. The van der Waals surface area contributed by atoms with Gasteiger partial charge in [0, 0.05) is 4.47 Å². The van der Waals surface area contributed by atoms with Gasteiger partial charge in [0.25, 0.3) is 0 Å². The van der Waals surface area contributed by atoms with Crippen LogP contribution in [0.15, 0.2) is 57.5 Å². The maximum Gasteiger partial charge on any atom is 0.418 e. The van der Waals surface area contributed by atoms with Crippen molar-refractivity contribution in [3.05, 3.63) is 74.2 Å². The van der Waals surface area contributed by atoms with Crippen LogP contribution in [-0.2, 0) is 28.2 Å². The summed E-state index contributed by atoms with van der Waals surface area (Å²) in [6, 6.07) is 9.65. The van der Waals surface area contributed by atoms with Crippen molar-refractivity contribution in [2.45, 2.75) is 18.1 Å². The number of benzene rings is 3. The number of alkyl halides is 6. The fourth-order valence-electron chi connectivity index (χ4n) is 3.24. The topological polar surface area (TPSA) is 69.2 Å². The Kier molecular flexibility index (Phi) is 6.51. The van der Waals surface area contributed by atoms with E-state index in [1.165, 1.54) is 6.07 Å². The van der Waals surface area contributed by atoms with Crippen LogP contribution in [0.1, 0.15) is 16.7 Å². The molecule has 0 aliphatic heterocycles. The lowest BCUT2D eigenvalue weighted by molar-refractivity contribution is -0.142. The zero-order chi connectivity index (χ0) is 25.8. The van der Waals surface area contributed by atoms with Gasteiger partial charge in [0.05, 0.1) is 21.1 Å². The first kappa shape index (κ1) is 25.6. The SMILES string of the molecule is O=S(=O)(Cc1ccccc1)Oc1c(Br)cc(Br)c2nc3c(C(F)(F)F)cc(C(F)(F)F)cc3nc12. The predicted octanol–water partition coefficient (Wildman–Crippen LogP) is 7.25. The van der Waals surface area contributed by atoms with Crippen LogP contribution in [0, 0.1) is 0 Å². The summed E-state index contributed by atoms with van der Waals surface area (Å²) in [7, 11) is -4.30. The summed E-state index contributed by atoms with van der Waals surface area (Å²) >= 11 is 6.24. The van der Waals surface area contributed by atoms with E-state index in [2.05, 4.69) is 41.8 Å². The summed E-state index contributed by atoms with van der Waals surface area (Å²) in [5, 5.41) is 0. The predicted molar refractivity (Wildman–Crippen MR) is 122 cm³/mol. The lowest BCUT2D eigenvalue weighted by Crippen LogP contribution is -2.14. The molecular weight excluding hydrogens is 634 g/mol. The molecule has 14 heteroatoms. The highest BCUT2D eigenvalue weighted by Crippen LogP contribution is 2.42. The highest BCUT2D eigenvalue weighted by atomic mass is 79.9. The Morgan fingerprint density at radius 3 is 2.06 bits per heavy atom. The van der Waals surface area contributed by atoms with Gasteiger partial charge >= 0.3 is 22.5 Å². The minimum absolute atomic E-state index is 0.0326. The molecule has 0 aliphatic rings. The van der Waals surface area contributed by atoms with Crippen LogP contribution in [0.2, 0.25) is 0 Å². The molecule has 4 aromatic rings. The first-order valence-electron chi connectivity index (χ1n) is 9.40. The van der Waals surface area contributed by atoms with E-state index in [9.17, 15) is 34.8 Å². The van der Waals surface area contributed by atoms with Crippen LogP contribution in [0.25, 0.3) is 22.1 Å². The molecule has 0 amide bonds. The van der Waals surface area contributed by atoms with Crippen molar-refractivity contribution in [2.75, 3.05) is 0 Å². The molecule has 4 rings (SSSR count). The third-order valence-electron chi connectivity index (χ3n) is 4.71. The van der Waals surface area contributed by atoms with E-state index in [0.29, 0.717) is 11.6 Å². The summed E-state index contributed by atoms with van der Waals surface area (Å²) in [4.78, 5) is 7.82. The summed E-state index contributed by atoms with van der Waals surface area (Å²) in [6.45, 7) is 0. The zero-order valence-corrected chi connectivity index (χ0v) is 20.9. The molecule has 0 fully saturated rings. The van der Waals surface area contributed by atoms with Crippen molar-refractivity contribution in [2.24, 2.45) is 0 Å². The largest absolute Gasteiger partial charge is 0.418 e. The van der Waals surface area contributed by atoms with Gasteiger partial charge < -0.3 is 4.18 Å². The average molecular weight is 644 g/mol. The fraction of sp³-hybridized carbons (Fsp3) is 0.143. The second-order valence-corrected chi connectivity index (χ2v) is 10.5. The molecule has 1 aromatic heterocycles. The number of hydrogen-bond acceptors (Lipinski definition) is 5. The van der Waals surface area contributed by atoms with Gasteiger partial charge in [-0.1, -0.05) is 30.3 Å². The van der Waals surface area contributed by atoms with Gasteiger partial charge in [-0.25, -0.2) is 9.97 Å². The van der Waals surface area contributed by atoms with E-state index < -0.39 is 56.1 Å². The number of nitrogens with zero attached hydrogens (tertiary/aromatic N) is 2. The second-order valence-electron chi connectivity index (χ2n) is 7.25. The van der Waals surface area contributed by atoms with Crippen LogP contribution in [0.4, 0.5) is 26.3 Å². The number of rotatable bonds is 4.